The summed E-state index contributed by atoms with van der Waals surface area (Å²) in [7, 11) is 3.84. The van der Waals surface area contributed by atoms with E-state index in [9.17, 15) is 19.7 Å². The summed E-state index contributed by atoms with van der Waals surface area (Å²) in [6.45, 7) is 1.13. The van der Waals surface area contributed by atoms with Crippen LogP contribution in [-0.2, 0) is 9.59 Å². The maximum absolute atomic E-state index is 13.0. The molecule has 0 aliphatic carbocycles. The van der Waals surface area contributed by atoms with Crippen molar-refractivity contribution in [2.24, 2.45) is 4.99 Å². The van der Waals surface area contributed by atoms with Gasteiger partial charge in [-0.05, 0) is 32.3 Å². The highest BCUT2D eigenvalue weighted by atomic mass is 32.2. The van der Waals surface area contributed by atoms with Crippen molar-refractivity contribution in [2.75, 3.05) is 32.5 Å². The molecule has 0 radical (unpaired) electrons. The zero-order valence-electron chi connectivity index (χ0n) is 17.2. The molecule has 2 aromatic carbocycles. The van der Waals surface area contributed by atoms with Gasteiger partial charge in [-0.3, -0.25) is 24.6 Å². The predicted molar refractivity (Wildman–Crippen MR) is 122 cm³/mol. The van der Waals surface area contributed by atoms with Crippen LogP contribution in [-0.4, -0.2) is 64.1 Å². The molecule has 0 bridgehead atoms. The fraction of sp³-hybridized carbons (Fsp3) is 0.286. The van der Waals surface area contributed by atoms with E-state index in [0.717, 1.165) is 5.69 Å². The summed E-state index contributed by atoms with van der Waals surface area (Å²) in [5.74, 6) is -0.560. The molecule has 1 aliphatic heterocycles. The number of nitro groups is 1. The number of carbonyl (C=O) groups excluding carboxylic acids is 2. The Hall–Kier alpha value is -3.24. The second kappa shape index (κ2) is 10.2. The van der Waals surface area contributed by atoms with Crippen molar-refractivity contribution in [3.8, 4) is 0 Å². The average molecular weight is 442 g/mol. The van der Waals surface area contributed by atoms with Gasteiger partial charge in [0.05, 0.1) is 10.6 Å². The first-order valence-electron chi connectivity index (χ1n) is 9.64. The number of likely N-dealkylation sites (N-methyl/N-ethyl adjacent to an activating group) is 1. The van der Waals surface area contributed by atoms with Crippen LogP contribution in [0.5, 0.6) is 0 Å². The van der Waals surface area contributed by atoms with Crippen LogP contribution in [0.4, 0.5) is 17.1 Å². The number of aliphatic imine (C=N–C) groups is 1. The highest BCUT2D eigenvalue weighted by Gasteiger charge is 2.39. The minimum absolute atomic E-state index is 0.0571. The molecule has 10 heteroatoms. The minimum atomic E-state index is -0.608. The third kappa shape index (κ3) is 6.12. The predicted octanol–water partition coefficient (Wildman–Crippen LogP) is 3.12. The van der Waals surface area contributed by atoms with Gasteiger partial charge in [0.25, 0.3) is 5.69 Å². The molecule has 1 heterocycles. The van der Waals surface area contributed by atoms with Crippen molar-refractivity contribution in [3.05, 3.63) is 64.7 Å². The molecule has 1 N–H and O–H groups in total. The number of thioether (sulfide) groups is 1. The Morgan fingerprint density at radius 2 is 1.97 bits per heavy atom. The number of anilines is 1. The molecule has 1 saturated heterocycles. The lowest BCUT2D eigenvalue weighted by Gasteiger charge is -2.19. The number of para-hydroxylation sites is 1. The third-order valence-corrected chi connectivity index (χ3v) is 5.66. The Balaban J connectivity index is 1.72. The van der Waals surface area contributed by atoms with Gasteiger partial charge in [-0.1, -0.05) is 36.0 Å². The molecule has 1 fully saturated rings. The average Bonchev–Trinajstić information content (AvgIpc) is 3.01. The van der Waals surface area contributed by atoms with Crippen LogP contribution in [0.2, 0.25) is 0 Å². The lowest BCUT2D eigenvalue weighted by molar-refractivity contribution is -0.384. The summed E-state index contributed by atoms with van der Waals surface area (Å²) in [6.07, 6.45) is -0.0571. The molecule has 162 valence electrons. The van der Waals surface area contributed by atoms with Gasteiger partial charge in [0.2, 0.25) is 11.8 Å². The van der Waals surface area contributed by atoms with E-state index in [1.165, 1.54) is 30.0 Å². The SMILES string of the molecule is CN(C)CCN1C(=O)[C@H](CC(=O)Nc2cccc([N+](=O)[O-])c2)SC1=Nc1ccccc1. The summed E-state index contributed by atoms with van der Waals surface area (Å²) < 4.78 is 0. The Morgan fingerprint density at radius 1 is 1.23 bits per heavy atom. The molecule has 2 amide bonds. The monoisotopic (exact) mass is 441 g/mol. The molecule has 2 aromatic rings. The zero-order valence-corrected chi connectivity index (χ0v) is 18.0. The Labute approximate surface area is 184 Å². The molecule has 9 nitrogen and oxygen atoms in total. The molecule has 31 heavy (non-hydrogen) atoms. The summed E-state index contributed by atoms with van der Waals surface area (Å²) >= 11 is 1.26. The Morgan fingerprint density at radius 3 is 2.65 bits per heavy atom. The maximum atomic E-state index is 13.0. The first-order valence-corrected chi connectivity index (χ1v) is 10.5. The van der Waals surface area contributed by atoms with Gasteiger partial charge < -0.3 is 10.2 Å². The van der Waals surface area contributed by atoms with Crippen LogP contribution in [0.15, 0.2) is 59.6 Å². The van der Waals surface area contributed by atoms with Gasteiger partial charge in [-0.2, -0.15) is 0 Å². The molecule has 0 aromatic heterocycles. The lowest BCUT2D eigenvalue weighted by atomic mass is 10.2. The second-order valence-corrected chi connectivity index (χ2v) is 8.36. The number of hydrogen-bond acceptors (Lipinski definition) is 7. The van der Waals surface area contributed by atoms with Crippen molar-refractivity contribution in [3.63, 3.8) is 0 Å². The van der Waals surface area contributed by atoms with E-state index in [-0.39, 0.29) is 23.9 Å². The van der Waals surface area contributed by atoms with Gasteiger partial charge in [0.15, 0.2) is 5.17 Å². The van der Waals surface area contributed by atoms with Gasteiger partial charge >= 0.3 is 0 Å². The van der Waals surface area contributed by atoms with Crippen LogP contribution in [0, 0.1) is 10.1 Å². The number of non-ortho nitro benzene ring substituents is 1. The molecule has 1 aliphatic rings. The number of carbonyl (C=O) groups is 2. The molecule has 3 rings (SSSR count). The number of nitro benzene ring substituents is 1. The van der Waals surface area contributed by atoms with E-state index < -0.39 is 10.2 Å². The second-order valence-electron chi connectivity index (χ2n) is 7.19. The quantitative estimate of drug-likeness (QED) is 0.498. The fourth-order valence-corrected chi connectivity index (χ4v) is 4.11. The fourth-order valence-electron chi connectivity index (χ4n) is 2.92. The number of nitrogens with zero attached hydrogens (tertiary/aromatic N) is 4. The number of amidine groups is 1. The van der Waals surface area contributed by atoms with Gasteiger partial charge in [0.1, 0.15) is 5.25 Å². The largest absolute Gasteiger partial charge is 0.326 e. The van der Waals surface area contributed by atoms with Crippen LogP contribution in [0.1, 0.15) is 6.42 Å². The smallest absolute Gasteiger partial charge is 0.271 e. The number of rotatable bonds is 8. The lowest BCUT2D eigenvalue weighted by Crippen LogP contribution is -2.38. The summed E-state index contributed by atoms with van der Waals surface area (Å²) in [6, 6.07) is 15.0. The first-order chi connectivity index (χ1) is 14.8. The molecule has 0 unspecified atom stereocenters. The van der Waals surface area contributed by atoms with Crippen molar-refractivity contribution < 1.29 is 14.5 Å². The molecule has 1 atom stereocenters. The first kappa shape index (κ1) is 22.4. The van der Waals surface area contributed by atoms with Gasteiger partial charge in [-0.25, -0.2) is 4.99 Å². The topological polar surface area (TPSA) is 108 Å². The highest BCUT2D eigenvalue weighted by Crippen LogP contribution is 2.32. The molecular formula is C21H23N5O4S. The summed E-state index contributed by atoms with van der Waals surface area (Å²) in [5, 5.41) is 13.5. The minimum Gasteiger partial charge on any atom is -0.326 e. The van der Waals surface area contributed by atoms with Crippen molar-refractivity contribution in [2.45, 2.75) is 11.7 Å². The standard InChI is InChI=1S/C21H23N5O4S/c1-24(2)11-12-25-20(28)18(31-21(25)23-15-7-4-3-5-8-15)14-19(27)22-16-9-6-10-17(13-16)26(29)30/h3-10,13,18H,11-12,14H2,1-2H3,(H,22,27)/t18-/m0/s1. The highest BCUT2D eigenvalue weighted by molar-refractivity contribution is 8.15. The summed E-state index contributed by atoms with van der Waals surface area (Å²) in [4.78, 5) is 44.1. The zero-order chi connectivity index (χ0) is 22.4. The van der Waals surface area contributed by atoms with Crippen molar-refractivity contribution in [1.29, 1.82) is 0 Å². The molecule has 0 saturated carbocycles. The third-order valence-electron chi connectivity index (χ3n) is 4.48. The molecule has 0 spiro atoms. The number of hydrogen-bond donors (Lipinski definition) is 1. The van der Waals surface area contributed by atoms with Crippen molar-refractivity contribution in [1.82, 2.24) is 9.80 Å². The van der Waals surface area contributed by atoms with Crippen LogP contribution < -0.4 is 5.32 Å². The van der Waals surface area contributed by atoms with Crippen LogP contribution in [0.3, 0.4) is 0 Å². The van der Waals surface area contributed by atoms with Gasteiger partial charge in [-0.15, -0.1) is 0 Å². The maximum Gasteiger partial charge on any atom is 0.271 e. The number of nitrogens with one attached hydrogen (secondary N) is 1. The van der Waals surface area contributed by atoms with E-state index in [4.69, 9.17) is 0 Å². The van der Waals surface area contributed by atoms with E-state index in [1.54, 1.807) is 11.0 Å². The normalized spacial score (nSPS) is 17.4. The summed E-state index contributed by atoms with van der Waals surface area (Å²) in [5.41, 5.74) is 0.933. The van der Waals surface area contributed by atoms with E-state index in [2.05, 4.69) is 10.3 Å². The van der Waals surface area contributed by atoms with Crippen LogP contribution in [0.25, 0.3) is 0 Å². The number of benzene rings is 2. The molecular weight excluding hydrogens is 418 g/mol. The number of amides is 2. The Kier molecular flexibility index (Phi) is 7.37. The van der Waals surface area contributed by atoms with E-state index >= 15 is 0 Å². The van der Waals surface area contributed by atoms with E-state index in [0.29, 0.717) is 23.9 Å². The van der Waals surface area contributed by atoms with E-state index in [1.807, 2.05) is 49.3 Å². The van der Waals surface area contributed by atoms with Crippen LogP contribution >= 0.6 is 11.8 Å². The Bertz CT molecular complexity index is 996. The van der Waals surface area contributed by atoms with Gasteiger partial charge in [0, 0.05) is 37.3 Å². The van der Waals surface area contributed by atoms with Crippen molar-refractivity contribution >= 4 is 45.8 Å².